The first-order valence-electron chi connectivity index (χ1n) is 10.2. The van der Waals surface area contributed by atoms with E-state index in [2.05, 4.69) is 32.2 Å². The van der Waals surface area contributed by atoms with Gasteiger partial charge in [0.25, 0.3) is 11.9 Å². The number of likely N-dealkylation sites (tertiary alicyclic amines) is 1. The number of likely N-dealkylation sites (N-methyl/N-ethyl adjacent to an activating group) is 1. The molecule has 4 rings (SSSR count). The second kappa shape index (κ2) is 9.46. The van der Waals surface area contributed by atoms with Crippen LogP contribution in [0.25, 0.3) is 16.5 Å². The van der Waals surface area contributed by atoms with Gasteiger partial charge in [-0.15, -0.1) is 11.3 Å². The number of carbonyl (C=O) groups is 1. The molecular weight excluding hydrogens is 400 g/mol. The Bertz CT molecular complexity index is 987. The molecule has 0 aromatic carbocycles. The Morgan fingerprint density at radius 2 is 2.30 bits per heavy atom. The maximum atomic E-state index is 12.9. The Labute approximate surface area is 179 Å². The average Bonchev–Trinajstić information content (AvgIpc) is 3.53. The summed E-state index contributed by atoms with van der Waals surface area (Å²) in [5, 5.41) is 9.48. The second-order valence-corrected chi connectivity index (χ2v) is 8.15. The number of carbonyl (C=O) groups excluding carboxylic acids is 1. The molecule has 4 heterocycles. The molecule has 3 aromatic heterocycles. The Kier molecular flexibility index (Phi) is 6.51. The lowest BCUT2D eigenvalue weighted by Crippen LogP contribution is -2.40. The van der Waals surface area contributed by atoms with Gasteiger partial charge < -0.3 is 10.1 Å². The van der Waals surface area contributed by atoms with E-state index >= 15 is 0 Å². The van der Waals surface area contributed by atoms with Gasteiger partial charge in [-0.3, -0.25) is 9.69 Å². The first-order valence-corrected chi connectivity index (χ1v) is 11.0. The summed E-state index contributed by atoms with van der Waals surface area (Å²) in [7, 11) is 1.60. The third kappa shape index (κ3) is 4.28. The molecule has 9 heteroatoms. The van der Waals surface area contributed by atoms with E-state index in [1.807, 2.05) is 23.6 Å². The predicted octanol–water partition coefficient (Wildman–Crippen LogP) is 2.75. The van der Waals surface area contributed by atoms with Gasteiger partial charge in [0.15, 0.2) is 0 Å². The van der Waals surface area contributed by atoms with Crippen LogP contribution in [-0.4, -0.2) is 63.3 Å². The first kappa shape index (κ1) is 20.6. The van der Waals surface area contributed by atoms with Crippen LogP contribution in [-0.2, 0) is 11.3 Å². The third-order valence-electron chi connectivity index (χ3n) is 5.40. The number of nitrogens with zero attached hydrogens (tertiary/aromatic N) is 5. The highest BCUT2D eigenvalue weighted by atomic mass is 32.1. The fraction of sp³-hybridized carbons (Fsp3) is 0.429. The highest BCUT2D eigenvalue weighted by molar-refractivity contribution is 7.13. The maximum Gasteiger partial charge on any atom is 0.254 e. The van der Waals surface area contributed by atoms with Crippen molar-refractivity contribution in [3.8, 4) is 16.5 Å². The number of nitrogens with one attached hydrogen (secondary N) is 1. The van der Waals surface area contributed by atoms with E-state index in [-0.39, 0.29) is 12.5 Å². The van der Waals surface area contributed by atoms with Crippen LogP contribution in [0.2, 0.25) is 0 Å². The van der Waals surface area contributed by atoms with E-state index in [9.17, 15) is 4.79 Å². The zero-order valence-electron chi connectivity index (χ0n) is 17.2. The summed E-state index contributed by atoms with van der Waals surface area (Å²) in [5.41, 5.74) is 1.95. The van der Waals surface area contributed by atoms with Gasteiger partial charge in [0, 0.05) is 25.9 Å². The first-order chi connectivity index (χ1) is 14.7. The molecule has 0 aliphatic carbocycles. The molecule has 0 radical (unpaired) electrons. The molecular formula is C21H26N6O2S. The van der Waals surface area contributed by atoms with Crippen LogP contribution in [0, 0.1) is 0 Å². The summed E-state index contributed by atoms with van der Waals surface area (Å²) < 4.78 is 6.94. The molecule has 1 aliphatic rings. The molecule has 8 nitrogen and oxygen atoms in total. The van der Waals surface area contributed by atoms with Crippen LogP contribution in [0.15, 0.2) is 36.0 Å². The maximum absolute atomic E-state index is 12.9. The number of ether oxygens (including phenoxy) is 1. The molecule has 1 unspecified atom stereocenters. The second-order valence-electron chi connectivity index (χ2n) is 7.20. The van der Waals surface area contributed by atoms with Crippen LogP contribution < -0.4 is 5.32 Å². The summed E-state index contributed by atoms with van der Waals surface area (Å²) >= 11 is 1.61. The van der Waals surface area contributed by atoms with Crippen molar-refractivity contribution in [1.82, 2.24) is 30.0 Å². The molecule has 1 fully saturated rings. The minimum Gasteiger partial charge on any atom is -0.378 e. The number of rotatable bonds is 8. The van der Waals surface area contributed by atoms with E-state index in [4.69, 9.17) is 4.74 Å². The third-order valence-corrected chi connectivity index (χ3v) is 6.30. The summed E-state index contributed by atoms with van der Waals surface area (Å²) in [6.45, 7) is 5.13. The van der Waals surface area contributed by atoms with Crippen molar-refractivity contribution >= 4 is 17.2 Å². The smallest absolute Gasteiger partial charge is 0.254 e. The lowest BCUT2D eigenvalue weighted by molar-refractivity contribution is 0.0936. The van der Waals surface area contributed by atoms with Crippen LogP contribution in [0.5, 0.6) is 0 Å². The quantitative estimate of drug-likeness (QED) is 0.596. The van der Waals surface area contributed by atoms with Gasteiger partial charge in [-0.25, -0.2) is 9.97 Å². The molecule has 1 aliphatic heterocycles. The lowest BCUT2D eigenvalue weighted by atomic mass is 10.2. The highest BCUT2D eigenvalue weighted by Gasteiger charge is 2.25. The zero-order valence-corrected chi connectivity index (χ0v) is 18.1. The number of amides is 1. The van der Waals surface area contributed by atoms with Crippen molar-refractivity contribution < 1.29 is 9.53 Å². The number of hydrogen-bond donors (Lipinski definition) is 1. The molecule has 1 N–H and O–H groups in total. The molecule has 158 valence electrons. The fourth-order valence-electron chi connectivity index (χ4n) is 3.87. The Morgan fingerprint density at radius 3 is 3.07 bits per heavy atom. The zero-order chi connectivity index (χ0) is 20.9. The van der Waals surface area contributed by atoms with Gasteiger partial charge >= 0.3 is 0 Å². The van der Waals surface area contributed by atoms with Gasteiger partial charge in [-0.1, -0.05) is 13.0 Å². The van der Waals surface area contributed by atoms with Gasteiger partial charge in [-0.2, -0.15) is 9.78 Å². The average molecular weight is 427 g/mol. The molecule has 30 heavy (non-hydrogen) atoms. The van der Waals surface area contributed by atoms with Crippen molar-refractivity contribution in [3.05, 3.63) is 47.2 Å². The molecule has 0 spiro atoms. The monoisotopic (exact) mass is 426 g/mol. The number of thiophene rings is 1. The van der Waals surface area contributed by atoms with Crippen LogP contribution >= 0.6 is 11.3 Å². The lowest BCUT2D eigenvalue weighted by Gasteiger charge is -2.22. The van der Waals surface area contributed by atoms with Gasteiger partial charge in [0.1, 0.15) is 0 Å². The molecule has 3 aromatic rings. The van der Waals surface area contributed by atoms with E-state index in [0.717, 1.165) is 30.1 Å². The minimum absolute atomic E-state index is 0.148. The van der Waals surface area contributed by atoms with Gasteiger partial charge in [0.05, 0.1) is 34.6 Å². The van der Waals surface area contributed by atoms with Crippen molar-refractivity contribution in [1.29, 1.82) is 0 Å². The number of hydrogen-bond acceptors (Lipinski definition) is 7. The van der Waals surface area contributed by atoms with Crippen molar-refractivity contribution in [2.75, 3.05) is 26.7 Å². The topological polar surface area (TPSA) is 85.2 Å². The molecule has 1 saturated heterocycles. The highest BCUT2D eigenvalue weighted by Crippen LogP contribution is 2.23. The van der Waals surface area contributed by atoms with Crippen molar-refractivity contribution in [2.24, 2.45) is 0 Å². The Balaban J connectivity index is 1.56. The van der Waals surface area contributed by atoms with E-state index in [1.165, 1.54) is 6.42 Å². The Hall–Kier alpha value is -2.62. The summed E-state index contributed by atoms with van der Waals surface area (Å²) in [5.74, 6) is 0.269. The van der Waals surface area contributed by atoms with Gasteiger partial charge in [-0.05, 0) is 43.4 Å². The fourth-order valence-corrected chi connectivity index (χ4v) is 4.57. The molecule has 1 atom stereocenters. The summed E-state index contributed by atoms with van der Waals surface area (Å²) in [6.07, 6.45) is 5.56. The van der Waals surface area contributed by atoms with E-state index < -0.39 is 0 Å². The number of aromatic nitrogens is 4. The van der Waals surface area contributed by atoms with Crippen LogP contribution in [0.1, 0.15) is 35.8 Å². The predicted molar refractivity (Wildman–Crippen MR) is 116 cm³/mol. The normalized spacial score (nSPS) is 16.8. The summed E-state index contributed by atoms with van der Waals surface area (Å²) in [4.78, 5) is 25.4. The SMILES string of the molecule is CCN1CCCC1CNC(=O)c1cnn(-c2nccc(-c3cccs3)n2)c1COC. The largest absolute Gasteiger partial charge is 0.378 e. The molecule has 0 bridgehead atoms. The van der Waals surface area contributed by atoms with Gasteiger partial charge in [0.2, 0.25) is 0 Å². The van der Waals surface area contributed by atoms with Crippen molar-refractivity contribution in [3.63, 3.8) is 0 Å². The summed E-state index contributed by atoms with van der Waals surface area (Å²) in [6, 6.07) is 6.25. The number of methoxy groups -OCH3 is 1. The van der Waals surface area contributed by atoms with E-state index in [0.29, 0.717) is 29.8 Å². The van der Waals surface area contributed by atoms with Crippen molar-refractivity contribution in [2.45, 2.75) is 32.4 Å². The van der Waals surface area contributed by atoms with Crippen LogP contribution in [0.4, 0.5) is 0 Å². The van der Waals surface area contributed by atoms with Crippen LogP contribution in [0.3, 0.4) is 0 Å². The van der Waals surface area contributed by atoms with E-state index in [1.54, 1.807) is 35.5 Å². The molecule has 1 amide bonds. The Morgan fingerprint density at radius 1 is 1.40 bits per heavy atom. The minimum atomic E-state index is -0.148. The standard InChI is InChI=1S/C21H26N6O2S/c1-3-26-10-4-6-15(26)12-23-20(28)16-13-24-27(18(16)14-29-2)21-22-9-8-17(25-21)19-7-5-11-30-19/h5,7-9,11,13,15H,3-4,6,10,12,14H2,1-2H3,(H,23,28). The molecule has 0 saturated carbocycles.